The smallest absolute Gasteiger partial charge is 0.108 e. The van der Waals surface area contributed by atoms with Gasteiger partial charge < -0.3 is 4.74 Å². The Morgan fingerprint density at radius 3 is 2.76 bits per heavy atom. The molecule has 1 saturated heterocycles. The Bertz CT molecular complexity index is 261. The average molecular weight is 302 g/mol. The number of allylic oxidation sites excluding steroid dienone is 1. The van der Waals surface area contributed by atoms with Gasteiger partial charge in [-0.25, -0.2) is 0 Å². The number of hydrogen-bond donors (Lipinski definition) is 1. The van der Waals surface area contributed by atoms with Crippen molar-refractivity contribution in [3.8, 4) is 0 Å². The van der Waals surface area contributed by atoms with Gasteiger partial charge in [0.1, 0.15) is 6.23 Å². The van der Waals surface area contributed by atoms with E-state index in [1.54, 1.807) is 0 Å². The minimum Gasteiger partial charge on any atom is -0.360 e. The summed E-state index contributed by atoms with van der Waals surface area (Å²) >= 11 is 3.64. The van der Waals surface area contributed by atoms with Crippen molar-refractivity contribution in [3.05, 3.63) is 12.2 Å². The summed E-state index contributed by atoms with van der Waals surface area (Å²) in [5.41, 5.74) is 1.33. The fourth-order valence-electron chi connectivity index (χ4n) is 2.86. The second kappa shape index (κ2) is 6.35. The van der Waals surface area contributed by atoms with Gasteiger partial charge in [-0.2, -0.15) is 0 Å². The van der Waals surface area contributed by atoms with Crippen molar-refractivity contribution in [2.24, 2.45) is 5.92 Å². The van der Waals surface area contributed by atoms with Crippen LogP contribution in [0.25, 0.3) is 0 Å². The number of hydrogen-bond acceptors (Lipinski definition) is 2. The fraction of sp³-hybridized carbons (Fsp3) is 0.857. The SMILES string of the molecule is C=C(C)C1CCCC(OC2CCC(Br)CN2)C1. The highest BCUT2D eigenvalue weighted by Crippen LogP contribution is 2.31. The summed E-state index contributed by atoms with van der Waals surface area (Å²) in [6, 6.07) is 0. The highest BCUT2D eigenvalue weighted by molar-refractivity contribution is 9.09. The Morgan fingerprint density at radius 2 is 2.12 bits per heavy atom. The van der Waals surface area contributed by atoms with Gasteiger partial charge in [-0.15, -0.1) is 0 Å². The van der Waals surface area contributed by atoms with E-state index in [1.807, 2.05) is 0 Å². The molecule has 0 bridgehead atoms. The van der Waals surface area contributed by atoms with Crippen LogP contribution in [-0.4, -0.2) is 23.7 Å². The predicted molar refractivity (Wildman–Crippen MR) is 75.4 cm³/mol. The van der Waals surface area contributed by atoms with Gasteiger partial charge >= 0.3 is 0 Å². The second-order valence-corrected chi connectivity index (χ2v) is 6.83. The molecule has 17 heavy (non-hydrogen) atoms. The van der Waals surface area contributed by atoms with Crippen LogP contribution in [0.4, 0.5) is 0 Å². The van der Waals surface area contributed by atoms with Gasteiger partial charge in [-0.05, 0) is 44.9 Å². The number of ether oxygens (including phenoxy) is 1. The van der Waals surface area contributed by atoms with Gasteiger partial charge in [-0.3, -0.25) is 5.32 Å². The van der Waals surface area contributed by atoms with Crippen molar-refractivity contribution in [2.75, 3.05) is 6.54 Å². The molecule has 0 spiro atoms. The quantitative estimate of drug-likeness (QED) is 0.635. The molecule has 0 aromatic heterocycles. The average Bonchev–Trinajstić information content (AvgIpc) is 2.32. The molecule has 2 fully saturated rings. The number of alkyl halides is 1. The van der Waals surface area contributed by atoms with Crippen molar-refractivity contribution < 1.29 is 4.74 Å². The van der Waals surface area contributed by atoms with Gasteiger partial charge in [0.05, 0.1) is 6.10 Å². The Morgan fingerprint density at radius 1 is 1.29 bits per heavy atom. The lowest BCUT2D eigenvalue weighted by Crippen LogP contribution is -2.43. The van der Waals surface area contributed by atoms with E-state index in [1.165, 1.54) is 37.7 Å². The number of nitrogens with one attached hydrogen (secondary N) is 1. The van der Waals surface area contributed by atoms with Gasteiger partial charge in [0.15, 0.2) is 0 Å². The van der Waals surface area contributed by atoms with Gasteiger partial charge in [0, 0.05) is 11.4 Å². The normalized spacial score (nSPS) is 38.9. The summed E-state index contributed by atoms with van der Waals surface area (Å²) in [4.78, 5) is 0.622. The lowest BCUT2D eigenvalue weighted by atomic mass is 9.83. The Balaban J connectivity index is 1.76. The van der Waals surface area contributed by atoms with Crippen molar-refractivity contribution in [3.63, 3.8) is 0 Å². The van der Waals surface area contributed by atoms with Gasteiger partial charge in [0.2, 0.25) is 0 Å². The fourth-order valence-corrected chi connectivity index (χ4v) is 3.31. The Kier molecular flexibility index (Phi) is 5.07. The molecular formula is C14H24BrNO. The van der Waals surface area contributed by atoms with Gasteiger partial charge in [-0.1, -0.05) is 34.5 Å². The maximum atomic E-state index is 6.19. The van der Waals surface area contributed by atoms with Crippen LogP contribution in [-0.2, 0) is 4.74 Å². The summed E-state index contributed by atoms with van der Waals surface area (Å²) < 4.78 is 6.19. The van der Waals surface area contributed by atoms with Gasteiger partial charge in [0.25, 0.3) is 0 Å². The molecule has 4 unspecified atom stereocenters. The van der Waals surface area contributed by atoms with E-state index in [-0.39, 0.29) is 6.23 Å². The number of rotatable bonds is 3. The molecule has 2 nitrogen and oxygen atoms in total. The first-order valence-electron chi connectivity index (χ1n) is 6.83. The highest BCUT2D eigenvalue weighted by Gasteiger charge is 2.27. The van der Waals surface area contributed by atoms with Crippen LogP contribution in [0.5, 0.6) is 0 Å². The Hall–Kier alpha value is 0.140. The molecule has 98 valence electrons. The summed E-state index contributed by atoms with van der Waals surface area (Å²) in [6.45, 7) is 7.28. The van der Waals surface area contributed by atoms with E-state index in [4.69, 9.17) is 4.74 Å². The molecular weight excluding hydrogens is 278 g/mol. The maximum absolute atomic E-state index is 6.19. The lowest BCUT2D eigenvalue weighted by Gasteiger charge is -2.35. The maximum Gasteiger partial charge on any atom is 0.108 e. The minimum absolute atomic E-state index is 0.276. The summed E-state index contributed by atoms with van der Waals surface area (Å²) in [6.07, 6.45) is 8.04. The zero-order valence-corrected chi connectivity index (χ0v) is 12.3. The molecule has 3 heteroatoms. The van der Waals surface area contributed by atoms with Crippen LogP contribution in [0.3, 0.4) is 0 Å². The summed E-state index contributed by atoms with van der Waals surface area (Å²) in [5, 5.41) is 3.47. The van der Waals surface area contributed by atoms with Crippen molar-refractivity contribution >= 4 is 15.9 Å². The number of piperidine rings is 1. The van der Waals surface area contributed by atoms with Crippen molar-refractivity contribution in [2.45, 2.75) is 62.6 Å². The van der Waals surface area contributed by atoms with Crippen molar-refractivity contribution in [1.82, 2.24) is 5.32 Å². The summed E-state index contributed by atoms with van der Waals surface area (Å²) in [5.74, 6) is 0.682. The zero-order valence-electron chi connectivity index (χ0n) is 10.8. The van der Waals surface area contributed by atoms with E-state index in [0.717, 1.165) is 13.0 Å². The van der Waals surface area contributed by atoms with Crippen LogP contribution in [0.2, 0.25) is 0 Å². The van der Waals surface area contributed by atoms with Crippen molar-refractivity contribution in [1.29, 1.82) is 0 Å². The van der Waals surface area contributed by atoms with E-state index < -0.39 is 0 Å². The largest absolute Gasteiger partial charge is 0.360 e. The van der Waals surface area contributed by atoms with Crippen LogP contribution in [0.15, 0.2) is 12.2 Å². The van der Waals surface area contributed by atoms with E-state index >= 15 is 0 Å². The van der Waals surface area contributed by atoms with E-state index in [0.29, 0.717) is 16.8 Å². The summed E-state index contributed by atoms with van der Waals surface area (Å²) in [7, 11) is 0. The van der Waals surface area contributed by atoms with Crippen LogP contribution >= 0.6 is 15.9 Å². The molecule has 1 N–H and O–H groups in total. The molecule has 1 saturated carbocycles. The third-order valence-corrected chi connectivity index (χ3v) is 4.77. The third kappa shape index (κ3) is 4.08. The standard InChI is InChI=1S/C14H24BrNO/c1-10(2)11-4-3-5-13(8-11)17-14-7-6-12(15)9-16-14/h11-14,16H,1,3-9H2,2H3. The first-order valence-corrected chi connectivity index (χ1v) is 7.75. The first kappa shape index (κ1) is 13.6. The minimum atomic E-state index is 0.276. The third-order valence-electron chi connectivity index (χ3n) is 3.99. The predicted octanol–water partition coefficient (Wildman–Crippen LogP) is 3.61. The topological polar surface area (TPSA) is 21.3 Å². The molecule has 1 aliphatic carbocycles. The monoisotopic (exact) mass is 301 g/mol. The second-order valence-electron chi connectivity index (χ2n) is 5.54. The first-order chi connectivity index (χ1) is 8.15. The molecule has 0 radical (unpaired) electrons. The molecule has 1 aliphatic heterocycles. The zero-order chi connectivity index (χ0) is 12.3. The van der Waals surface area contributed by atoms with E-state index in [2.05, 4.69) is 34.7 Å². The van der Waals surface area contributed by atoms with E-state index in [9.17, 15) is 0 Å². The van der Waals surface area contributed by atoms with Crippen LogP contribution in [0.1, 0.15) is 45.4 Å². The highest BCUT2D eigenvalue weighted by atomic mass is 79.9. The molecule has 4 atom stereocenters. The molecule has 0 aromatic rings. The number of halogens is 1. The molecule has 2 aliphatic rings. The Labute approximate surface area is 113 Å². The van der Waals surface area contributed by atoms with Crippen LogP contribution in [0, 0.1) is 5.92 Å². The molecule has 1 heterocycles. The molecule has 0 amide bonds. The molecule has 2 rings (SSSR count). The van der Waals surface area contributed by atoms with Crippen LogP contribution < -0.4 is 5.32 Å². The lowest BCUT2D eigenvalue weighted by molar-refractivity contribution is -0.0619. The molecule has 0 aromatic carbocycles.